The number of anilines is 1. The standard InChI is InChI=1S/C19H16ClNO3S/c1-21(25(22,23)19-9-5-6-15(20)14-19)16-10-12-18(13-11-16)24-17-7-3-2-4-8-17/h2-14H,1H3. The van der Waals surface area contributed by atoms with Gasteiger partial charge in [-0.25, -0.2) is 8.42 Å². The van der Waals surface area contributed by atoms with Gasteiger partial charge in [0.15, 0.2) is 0 Å². The average molecular weight is 374 g/mol. The molecule has 6 heteroatoms. The lowest BCUT2D eigenvalue weighted by molar-refractivity contribution is 0.482. The Kier molecular flexibility index (Phi) is 4.97. The highest BCUT2D eigenvalue weighted by Gasteiger charge is 2.21. The van der Waals surface area contributed by atoms with Crippen LogP contribution in [0.4, 0.5) is 5.69 Å². The maximum Gasteiger partial charge on any atom is 0.264 e. The van der Waals surface area contributed by atoms with Gasteiger partial charge in [0.1, 0.15) is 11.5 Å². The molecule has 0 amide bonds. The van der Waals surface area contributed by atoms with Crippen molar-refractivity contribution in [3.8, 4) is 11.5 Å². The molecule has 0 aliphatic heterocycles. The third kappa shape index (κ3) is 3.95. The smallest absolute Gasteiger partial charge is 0.264 e. The maximum absolute atomic E-state index is 12.7. The van der Waals surface area contributed by atoms with Gasteiger partial charge in [-0.3, -0.25) is 4.31 Å². The molecule has 4 nitrogen and oxygen atoms in total. The first-order valence-corrected chi connectivity index (χ1v) is 9.36. The highest BCUT2D eigenvalue weighted by Crippen LogP contribution is 2.27. The van der Waals surface area contributed by atoms with E-state index in [9.17, 15) is 8.42 Å². The van der Waals surface area contributed by atoms with E-state index in [1.165, 1.54) is 23.5 Å². The van der Waals surface area contributed by atoms with Crippen LogP contribution in [0, 0.1) is 0 Å². The summed E-state index contributed by atoms with van der Waals surface area (Å²) in [5, 5.41) is 0.376. The van der Waals surface area contributed by atoms with Gasteiger partial charge in [-0.05, 0) is 54.6 Å². The lowest BCUT2D eigenvalue weighted by atomic mass is 10.3. The Labute approximate surface area is 152 Å². The summed E-state index contributed by atoms with van der Waals surface area (Å²) >= 11 is 5.90. The van der Waals surface area contributed by atoms with E-state index >= 15 is 0 Å². The third-order valence-electron chi connectivity index (χ3n) is 3.63. The quantitative estimate of drug-likeness (QED) is 0.635. The van der Waals surface area contributed by atoms with Crippen LogP contribution in [0.1, 0.15) is 0 Å². The zero-order valence-corrected chi connectivity index (χ0v) is 15.0. The first kappa shape index (κ1) is 17.3. The van der Waals surface area contributed by atoms with Gasteiger partial charge in [0, 0.05) is 12.1 Å². The minimum atomic E-state index is -3.68. The lowest BCUT2D eigenvalue weighted by Gasteiger charge is -2.20. The minimum Gasteiger partial charge on any atom is -0.457 e. The van der Waals surface area contributed by atoms with Crippen LogP contribution in [0.2, 0.25) is 5.02 Å². The Bertz CT molecular complexity index is 957. The Balaban J connectivity index is 1.82. The molecule has 0 bridgehead atoms. The number of nitrogens with zero attached hydrogens (tertiary/aromatic N) is 1. The summed E-state index contributed by atoms with van der Waals surface area (Å²) in [6.07, 6.45) is 0. The third-order valence-corrected chi connectivity index (χ3v) is 5.65. The molecule has 0 spiro atoms. The van der Waals surface area contributed by atoms with Gasteiger partial charge in [-0.1, -0.05) is 35.9 Å². The Morgan fingerprint density at radius 1 is 0.840 bits per heavy atom. The van der Waals surface area contributed by atoms with Crippen molar-refractivity contribution in [2.75, 3.05) is 11.4 Å². The number of ether oxygens (including phenoxy) is 1. The first-order valence-electron chi connectivity index (χ1n) is 7.54. The Morgan fingerprint density at radius 3 is 2.12 bits per heavy atom. The van der Waals surface area contributed by atoms with Crippen molar-refractivity contribution in [1.29, 1.82) is 0 Å². The lowest BCUT2D eigenvalue weighted by Crippen LogP contribution is -2.26. The molecule has 3 aromatic carbocycles. The van der Waals surface area contributed by atoms with Gasteiger partial charge < -0.3 is 4.74 Å². The van der Waals surface area contributed by atoms with Crippen molar-refractivity contribution in [1.82, 2.24) is 0 Å². The topological polar surface area (TPSA) is 46.6 Å². The van der Waals surface area contributed by atoms with Crippen LogP contribution >= 0.6 is 11.6 Å². The van der Waals surface area contributed by atoms with E-state index in [4.69, 9.17) is 16.3 Å². The number of sulfonamides is 1. The second-order valence-electron chi connectivity index (χ2n) is 5.34. The van der Waals surface area contributed by atoms with E-state index in [1.54, 1.807) is 36.4 Å². The fraction of sp³-hybridized carbons (Fsp3) is 0.0526. The molecule has 0 aromatic heterocycles. The van der Waals surface area contributed by atoms with Gasteiger partial charge in [0.25, 0.3) is 10.0 Å². The number of benzene rings is 3. The summed E-state index contributed by atoms with van der Waals surface area (Å²) in [5.74, 6) is 1.35. The molecule has 0 saturated carbocycles. The van der Waals surface area contributed by atoms with Crippen molar-refractivity contribution in [2.45, 2.75) is 4.90 Å². The van der Waals surface area contributed by atoms with E-state index in [0.717, 1.165) is 5.75 Å². The van der Waals surface area contributed by atoms with Crippen LogP contribution in [0.25, 0.3) is 0 Å². The summed E-state index contributed by atoms with van der Waals surface area (Å²) in [7, 11) is -2.17. The average Bonchev–Trinajstić information content (AvgIpc) is 2.62. The van der Waals surface area contributed by atoms with Gasteiger partial charge in [-0.15, -0.1) is 0 Å². The molecule has 0 aliphatic carbocycles. The molecule has 0 atom stereocenters. The fourth-order valence-electron chi connectivity index (χ4n) is 2.27. The van der Waals surface area contributed by atoms with Crippen molar-refractivity contribution < 1.29 is 13.2 Å². The molecule has 0 radical (unpaired) electrons. The number of hydrogen-bond donors (Lipinski definition) is 0. The molecule has 0 fully saturated rings. The number of rotatable bonds is 5. The Hall–Kier alpha value is -2.50. The van der Waals surface area contributed by atoms with Crippen molar-refractivity contribution in [3.63, 3.8) is 0 Å². The van der Waals surface area contributed by atoms with Crippen molar-refractivity contribution in [2.24, 2.45) is 0 Å². The zero-order chi connectivity index (χ0) is 17.9. The van der Waals surface area contributed by atoms with Crippen LogP contribution in [0.15, 0.2) is 83.8 Å². The van der Waals surface area contributed by atoms with Gasteiger partial charge in [0.2, 0.25) is 0 Å². The SMILES string of the molecule is CN(c1ccc(Oc2ccccc2)cc1)S(=O)(=O)c1cccc(Cl)c1. The van der Waals surface area contributed by atoms with Crippen LogP contribution < -0.4 is 9.04 Å². The van der Waals surface area contributed by atoms with Crippen LogP contribution in [0.3, 0.4) is 0 Å². The highest BCUT2D eigenvalue weighted by molar-refractivity contribution is 7.92. The molecule has 3 rings (SSSR count). The van der Waals surface area contributed by atoms with Gasteiger partial charge in [-0.2, -0.15) is 0 Å². The fourth-order valence-corrected chi connectivity index (χ4v) is 3.77. The maximum atomic E-state index is 12.7. The largest absolute Gasteiger partial charge is 0.457 e. The molecular weight excluding hydrogens is 358 g/mol. The number of para-hydroxylation sites is 1. The van der Waals surface area contributed by atoms with Crippen LogP contribution in [-0.2, 0) is 10.0 Å². The molecule has 0 unspecified atom stereocenters. The summed E-state index contributed by atoms with van der Waals surface area (Å²) in [5.41, 5.74) is 0.528. The van der Waals surface area contributed by atoms with Crippen LogP contribution in [-0.4, -0.2) is 15.5 Å². The highest BCUT2D eigenvalue weighted by atomic mass is 35.5. The summed E-state index contributed by atoms with van der Waals surface area (Å²) in [4.78, 5) is 0.145. The Morgan fingerprint density at radius 2 is 1.48 bits per heavy atom. The molecule has 0 aliphatic rings. The molecular formula is C19H16ClNO3S. The summed E-state index contributed by atoms with van der Waals surface area (Å²) in [6.45, 7) is 0. The second-order valence-corrected chi connectivity index (χ2v) is 7.74. The molecule has 0 N–H and O–H groups in total. The minimum absolute atomic E-state index is 0.145. The van der Waals surface area contributed by atoms with E-state index < -0.39 is 10.0 Å². The van der Waals surface area contributed by atoms with E-state index in [1.807, 2.05) is 30.3 Å². The number of halogens is 1. The van der Waals surface area contributed by atoms with Gasteiger partial charge in [0.05, 0.1) is 10.6 Å². The van der Waals surface area contributed by atoms with Crippen LogP contribution in [0.5, 0.6) is 11.5 Å². The predicted octanol–water partition coefficient (Wildman–Crippen LogP) is 4.96. The predicted molar refractivity (Wildman–Crippen MR) is 100.0 cm³/mol. The first-order chi connectivity index (χ1) is 12.0. The van der Waals surface area contributed by atoms with Gasteiger partial charge >= 0.3 is 0 Å². The normalized spacial score (nSPS) is 11.1. The molecule has 0 saturated heterocycles. The summed E-state index contributed by atoms with van der Waals surface area (Å²) < 4.78 is 32.3. The summed E-state index contributed by atoms with van der Waals surface area (Å²) in [6, 6.07) is 22.4. The monoisotopic (exact) mass is 373 g/mol. The second kappa shape index (κ2) is 7.17. The van der Waals surface area contributed by atoms with Crippen molar-refractivity contribution >= 4 is 27.3 Å². The van der Waals surface area contributed by atoms with E-state index in [0.29, 0.717) is 16.5 Å². The molecule has 0 heterocycles. The molecule has 25 heavy (non-hydrogen) atoms. The molecule has 128 valence electrons. The van der Waals surface area contributed by atoms with E-state index in [-0.39, 0.29) is 4.90 Å². The van der Waals surface area contributed by atoms with E-state index in [2.05, 4.69) is 0 Å². The molecule has 3 aromatic rings. The van der Waals surface area contributed by atoms with Crippen molar-refractivity contribution in [3.05, 3.63) is 83.9 Å². The zero-order valence-electron chi connectivity index (χ0n) is 13.5. The number of hydrogen-bond acceptors (Lipinski definition) is 3.